The molecule has 4 rings (SSSR count). The van der Waals surface area contributed by atoms with Gasteiger partial charge in [0.25, 0.3) is 0 Å². The van der Waals surface area contributed by atoms with Crippen molar-refractivity contribution < 1.29 is 14.5 Å². The molecular weight excluding hydrogens is 296 g/mol. The van der Waals surface area contributed by atoms with Gasteiger partial charge in [-0.05, 0) is 31.2 Å². The molecule has 1 saturated heterocycles. The first-order chi connectivity index (χ1) is 10.7. The average molecular weight is 319 g/mol. The Bertz CT molecular complexity index is 588. The molecule has 3 heterocycles. The van der Waals surface area contributed by atoms with Crippen LogP contribution in [-0.4, -0.2) is 29.9 Å². The van der Waals surface area contributed by atoms with Gasteiger partial charge in [0.15, 0.2) is 6.67 Å². The van der Waals surface area contributed by atoms with Crippen LogP contribution in [-0.2, 0) is 16.0 Å². The second-order valence-corrected chi connectivity index (χ2v) is 7.94. The van der Waals surface area contributed by atoms with Crippen LogP contribution in [0.2, 0.25) is 0 Å². The predicted molar refractivity (Wildman–Crippen MR) is 84.4 cm³/mol. The van der Waals surface area contributed by atoms with Crippen molar-refractivity contribution in [1.29, 1.82) is 0 Å². The maximum Gasteiger partial charge on any atom is 0.237 e. The van der Waals surface area contributed by atoms with Crippen molar-refractivity contribution in [3.05, 3.63) is 21.9 Å². The summed E-state index contributed by atoms with van der Waals surface area (Å²) in [6, 6.07) is 2.58. The molecule has 0 radical (unpaired) electrons. The third-order valence-corrected chi connectivity index (χ3v) is 6.82. The van der Waals surface area contributed by atoms with Gasteiger partial charge >= 0.3 is 0 Å². The lowest BCUT2D eigenvalue weighted by molar-refractivity contribution is -0.938. The lowest BCUT2D eigenvalue weighted by Gasteiger charge is -2.32. The number of amides is 2. The van der Waals surface area contributed by atoms with Crippen LogP contribution in [0.25, 0.3) is 0 Å². The molecule has 0 bridgehead atoms. The summed E-state index contributed by atoms with van der Waals surface area (Å²) < 4.78 is 0. The van der Waals surface area contributed by atoms with Crippen LogP contribution in [0.3, 0.4) is 0 Å². The maximum atomic E-state index is 12.6. The van der Waals surface area contributed by atoms with Crippen molar-refractivity contribution in [2.45, 2.75) is 45.1 Å². The average Bonchev–Trinajstić information content (AvgIpc) is 3.10. The van der Waals surface area contributed by atoms with E-state index in [0.717, 1.165) is 38.6 Å². The Kier molecular flexibility index (Phi) is 3.57. The normalized spacial score (nSPS) is 34.7. The maximum absolute atomic E-state index is 12.6. The van der Waals surface area contributed by atoms with E-state index >= 15 is 0 Å². The van der Waals surface area contributed by atoms with Crippen molar-refractivity contribution >= 4 is 23.2 Å². The number of likely N-dealkylation sites (tertiary alicyclic amines) is 1. The minimum Gasteiger partial charge on any atom is -0.311 e. The Labute approximate surface area is 135 Å². The number of hydrogen-bond acceptors (Lipinski definition) is 3. The SMILES string of the molecule is C[C@@H]1c2ccsc2CC[NH+]1CN1C(=O)[C@H]2CCCC[C@H]2C1=O. The van der Waals surface area contributed by atoms with E-state index in [9.17, 15) is 9.59 Å². The van der Waals surface area contributed by atoms with Crippen molar-refractivity contribution in [3.8, 4) is 0 Å². The van der Waals surface area contributed by atoms with Crippen LogP contribution in [0.1, 0.15) is 49.1 Å². The first-order valence-electron chi connectivity index (χ1n) is 8.43. The summed E-state index contributed by atoms with van der Waals surface area (Å²) >= 11 is 1.83. The number of quaternary nitrogens is 1. The number of hydrogen-bond donors (Lipinski definition) is 1. The van der Waals surface area contributed by atoms with Gasteiger partial charge in [-0.2, -0.15) is 0 Å². The smallest absolute Gasteiger partial charge is 0.237 e. The van der Waals surface area contributed by atoms with Crippen LogP contribution in [0.5, 0.6) is 0 Å². The molecule has 0 aromatic carbocycles. The molecule has 1 aromatic rings. The molecule has 2 fully saturated rings. The molecule has 1 saturated carbocycles. The highest BCUT2D eigenvalue weighted by Crippen LogP contribution is 2.37. The Morgan fingerprint density at radius 3 is 2.59 bits per heavy atom. The van der Waals surface area contributed by atoms with Crippen LogP contribution in [0.4, 0.5) is 0 Å². The molecule has 1 unspecified atom stereocenters. The zero-order valence-electron chi connectivity index (χ0n) is 13.0. The molecule has 22 heavy (non-hydrogen) atoms. The highest BCUT2D eigenvalue weighted by atomic mass is 32.1. The van der Waals surface area contributed by atoms with E-state index < -0.39 is 0 Å². The number of nitrogens with one attached hydrogen (secondary N) is 1. The topological polar surface area (TPSA) is 41.8 Å². The van der Waals surface area contributed by atoms with Crippen LogP contribution >= 0.6 is 11.3 Å². The molecule has 2 amide bonds. The standard InChI is InChI=1S/C17H22N2O2S/c1-11-12-7-9-22-15(12)6-8-18(11)10-19-16(20)13-4-2-3-5-14(13)17(19)21/h7,9,11,13-14H,2-6,8,10H2,1H3/p+1/t11-,13-,14+/m1/s1. The Hall–Kier alpha value is -1.20. The largest absolute Gasteiger partial charge is 0.311 e. The summed E-state index contributed by atoms with van der Waals surface area (Å²) in [7, 11) is 0. The van der Waals surface area contributed by atoms with E-state index in [0.29, 0.717) is 12.7 Å². The summed E-state index contributed by atoms with van der Waals surface area (Å²) in [5.41, 5.74) is 1.41. The first kappa shape index (κ1) is 14.4. The molecular formula is C17H23N2O2S+. The fourth-order valence-corrected chi connectivity index (χ4v) is 5.44. The minimum atomic E-state index is -0.0162. The van der Waals surface area contributed by atoms with Gasteiger partial charge in [0, 0.05) is 16.9 Å². The Morgan fingerprint density at radius 2 is 1.91 bits per heavy atom. The zero-order chi connectivity index (χ0) is 15.3. The Balaban J connectivity index is 1.52. The third-order valence-electron chi connectivity index (χ3n) is 5.83. The number of nitrogens with zero attached hydrogens (tertiary/aromatic N) is 1. The van der Waals surface area contributed by atoms with Gasteiger partial charge in [0.05, 0.1) is 18.4 Å². The highest BCUT2D eigenvalue weighted by molar-refractivity contribution is 7.10. The highest BCUT2D eigenvalue weighted by Gasteiger charge is 2.49. The fraction of sp³-hybridized carbons (Fsp3) is 0.647. The van der Waals surface area contributed by atoms with Crippen LogP contribution in [0, 0.1) is 11.8 Å². The summed E-state index contributed by atoms with van der Waals surface area (Å²) in [5.74, 6) is 0.172. The monoisotopic (exact) mass is 319 g/mol. The van der Waals surface area contributed by atoms with E-state index in [1.165, 1.54) is 15.3 Å². The molecule has 2 aliphatic heterocycles. The molecule has 4 atom stereocenters. The summed E-state index contributed by atoms with van der Waals surface area (Å²) in [6.07, 6.45) is 5.07. The number of thiophene rings is 1. The predicted octanol–water partition coefficient (Wildman–Crippen LogP) is 1.38. The van der Waals surface area contributed by atoms with E-state index in [1.54, 1.807) is 4.90 Å². The molecule has 0 spiro atoms. The fourth-order valence-electron chi connectivity index (χ4n) is 4.46. The molecule has 5 heteroatoms. The van der Waals surface area contributed by atoms with Crippen LogP contribution < -0.4 is 4.90 Å². The van der Waals surface area contributed by atoms with Crippen molar-refractivity contribution in [2.75, 3.05) is 13.2 Å². The number of imide groups is 1. The second-order valence-electron chi connectivity index (χ2n) is 6.94. The van der Waals surface area contributed by atoms with E-state index in [1.807, 2.05) is 11.3 Å². The first-order valence-corrected chi connectivity index (χ1v) is 9.31. The molecule has 118 valence electrons. The molecule has 4 nitrogen and oxygen atoms in total. The van der Waals surface area contributed by atoms with Gasteiger partial charge in [0.1, 0.15) is 6.04 Å². The van der Waals surface area contributed by atoms with Crippen molar-refractivity contribution in [1.82, 2.24) is 4.90 Å². The van der Waals surface area contributed by atoms with Crippen molar-refractivity contribution in [3.63, 3.8) is 0 Å². The van der Waals surface area contributed by atoms with E-state index in [2.05, 4.69) is 18.4 Å². The van der Waals surface area contributed by atoms with Gasteiger partial charge in [-0.25, -0.2) is 4.90 Å². The second kappa shape index (κ2) is 5.46. The summed E-state index contributed by atoms with van der Waals surface area (Å²) in [4.78, 5) is 29.7. The number of fused-ring (bicyclic) bond motifs is 2. The number of rotatable bonds is 2. The quantitative estimate of drug-likeness (QED) is 0.837. The van der Waals surface area contributed by atoms with Gasteiger partial charge in [0.2, 0.25) is 11.8 Å². The summed E-state index contributed by atoms with van der Waals surface area (Å²) in [6.45, 7) is 3.79. The molecule has 1 aromatic heterocycles. The minimum absolute atomic E-state index is 0.0162. The number of carbonyl (C=O) groups excluding carboxylic acids is 2. The van der Waals surface area contributed by atoms with E-state index in [-0.39, 0.29) is 23.7 Å². The van der Waals surface area contributed by atoms with Gasteiger partial charge in [-0.15, -0.1) is 11.3 Å². The van der Waals surface area contributed by atoms with E-state index in [4.69, 9.17) is 0 Å². The van der Waals surface area contributed by atoms with Crippen molar-refractivity contribution in [2.24, 2.45) is 11.8 Å². The van der Waals surface area contributed by atoms with Gasteiger partial charge < -0.3 is 4.90 Å². The zero-order valence-corrected chi connectivity index (χ0v) is 13.8. The molecule has 1 aliphatic carbocycles. The van der Waals surface area contributed by atoms with Gasteiger partial charge in [-0.3, -0.25) is 9.59 Å². The van der Waals surface area contributed by atoms with Crippen LogP contribution in [0.15, 0.2) is 11.4 Å². The lowest BCUT2D eigenvalue weighted by Crippen LogP contribution is -3.14. The lowest BCUT2D eigenvalue weighted by atomic mass is 9.81. The van der Waals surface area contributed by atoms with Gasteiger partial charge in [-0.1, -0.05) is 12.8 Å². The summed E-state index contributed by atoms with van der Waals surface area (Å²) in [5, 5.41) is 2.16. The Morgan fingerprint density at radius 1 is 1.23 bits per heavy atom. The molecule has 3 aliphatic rings. The molecule has 1 N–H and O–H groups in total. The number of carbonyl (C=O) groups is 2. The third kappa shape index (κ3) is 2.14.